The highest BCUT2D eigenvalue weighted by molar-refractivity contribution is 5.39. The van der Waals surface area contributed by atoms with Gasteiger partial charge in [-0.25, -0.2) is 4.68 Å². The number of benzene rings is 1. The molecule has 1 aliphatic rings. The Morgan fingerprint density at radius 1 is 1.30 bits per heavy atom. The van der Waals surface area contributed by atoms with Crippen LogP contribution in [0, 0.1) is 13.8 Å². The van der Waals surface area contributed by atoms with Crippen LogP contribution in [0.3, 0.4) is 0 Å². The molecule has 2 heterocycles. The topological polar surface area (TPSA) is 30.3 Å². The van der Waals surface area contributed by atoms with Crippen molar-refractivity contribution in [3.8, 4) is 5.69 Å². The van der Waals surface area contributed by atoms with Gasteiger partial charge < -0.3 is 4.74 Å². The minimum Gasteiger partial charge on any atom is -0.377 e. The summed E-state index contributed by atoms with van der Waals surface area (Å²) < 4.78 is 7.73. The van der Waals surface area contributed by atoms with E-state index in [2.05, 4.69) is 55.2 Å². The number of hydrogen-bond donors (Lipinski definition) is 0. The molecular weight excluding hydrogens is 286 g/mol. The molecule has 0 radical (unpaired) electrons. The Kier molecular flexibility index (Phi) is 5.13. The van der Waals surface area contributed by atoms with Crippen LogP contribution < -0.4 is 0 Å². The summed E-state index contributed by atoms with van der Waals surface area (Å²) in [5.41, 5.74) is 4.99. The van der Waals surface area contributed by atoms with Gasteiger partial charge in [-0.2, -0.15) is 5.10 Å². The fraction of sp³-hybridized carbons (Fsp3) is 0.526. The maximum Gasteiger partial charge on any atom is 0.0702 e. The second-order valence-corrected chi connectivity index (χ2v) is 6.52. The second-order valence-electron chi connectivity index (χ2n) is 6.52. The number of nitrogens with zero attached hydrogens (tertiary/aromatic N) is 3. The van der Waals surface area contributed by atoms with E-state index in [1.54, 1.807) is 0 Å². The first kappa shape index (κ1) is 16.2. The highest BCUT2D eigenvalue weighted by atomic mass is 16.5. The molecular formula is C19H27N3O. The number of likely N-dealkylation sites (N-methyl/N-ethyl adjacent to an activating group) is 1. The molecule has 0 amide bonds. The molecule has 0 spiro atoms. The van der Waals surface area contributed by atoms with Crippen LogP contribution in [0.4, 0.5) is 0 Å². The van der Waals surface area contributed by atoms with Crippen molar-refractivity contribution in [1.29, 1.82) is 0 Å². The maximum atomic E-state index is 5.76. The zero-order valence-electron chi connectivity index (χ0n) is 14.5. The zero-order valence-corrected chi connectivity index (χ0v) is 14.5. The van der Waals surface area contributed by atoms with Crippen molar-refractivity contribution >= 4 is 0 Å². The van der Waals surface area contributed by atoms with Crippen molar-refractivity contribution in [2.45, 2.75) is 46.3 Å². The lowest BCUT2D eigenvalue weighted by Crippen LogP contribution is -2.31. The molecule has 23 heavy (non-hydrogen) atoms. The predicted molar refractivity (Wildman–Crippen MR) is 93.0 cm³/mol. The summed E-state index contributed by atoms with van der Waals surface area (Å²) >= 11 is 0. The van der Waals surface area contributed by atoms with Crippen molar-refractivity contribution < 1.29 is 4.74 Å². The van der Waals surface area contributed by atoms with E-state index in [1.165, 1.54) is 29.5 Å². The summed E-state index contributed by atoms with van der Waals surface area (Å²) in [4.78, 5) is 2.44. The largest absolute Gasteiger partial charge is 0.377 e. The molecule has 0 aliphatic carbocycles. The van der Waals surface area contributed by atoms with Crippen molar-refractivity contribution in [1.82, 2.24) is 14.7 Å². The summed E-state index contributed by atoms with van der Waals surface area (Å²) in [6, 6.07) is 6.47. The van der Waals surface area contributed by atoms with Crippen LogP contribution in [-0.2, 0) is 11.3 Å². The van der Waals surface area contributed by atoms with Crippen molar-refractivity contribution in [3.05, 3.63) is 47.3 Å². The van der Waals surface area contributed by atoms with Gasteiger partial charge in [0.25, 0.3) is 0 Å². The van der Waals surface area contributed by atoms with E-state index in [0.29, 0.717) is 6.10 Å². The van der Waals surface area contributed by atoms with Gasteiger partial charge in [0.05, 0.1) is 18.0 Å². The van der Waals surface area contributed by atoms with Gasteiger partial charge in [0.1, 0.15) is 0 Å². The molecule has 4 nitrogen and oxygen atoms in total. The lowest BCUT2D eigenvalue weighted by molar-refractivity contribution is 0.0725. The fourth-order valence-electron chi connectivity index (χ4n) is 3.09. The van der Waals surface area contributed by atoms with Gasteiger partial charge in [0.2, 0.25) is 0 Å². The minimum absolute atomic E-state index is 0.407. The van der Waals surface area contributed by atoms with Crippen molar-refractivity contribution in [2.75, 3.05) is 19.7 Å². The molecule has 1 saturated heterocycles. The standard InChI is InChI=1S/C19H27N3O/c1-4-21(14-19-6-5-9-23-19)12-17-11-20-22(13-17)18-8-7-15(2)16(3)10-18/h7-8,10-11,13,19H,4-6,9,12,14H2,1-3H3. The van der Waals surface area contributed by atoms with Gasteiger partial charge in [-0.3, -0.25) is 4.90 Å². The average molecular weight is 313 g/mol. The lowest BCUT2D eigenvalue weighted by Gasteiger charge is -2.22. The summed E-state index contributed by atoms with van der Waals surface area (Å²) in [5.74, 6) is 0. The Bertz CT molecular complexity index is 644. The monoisotopic (exact) mass is 313 g/mol. The first-order valence-corrected chi connectivity index (χ1v) is 8.61. The van der Waals surface area contributed by atoms with Gasteiger partial charge in [-0.05, 0) is 56.5 Å². The van der Waals surface area contributed by atoms with E-state index in [0.717, 1.165) is 31.9 Å². The lowest BCUT2D eigenvalue weighted by atomic mass is 10.1. The first-order valence-electron chi connectivity index (χ1n) is 8.61. The van der Waals surface area contributed by atoms with Gasteiger partial charge in [-0.1, -0.05) is 13.0 Å². The van der Waals surface area contributed by atoms with Crippen LogP contribution in [0.2, 0.25) is 0 Å². The minimum atomic E-state index is 0.407. The quantitative estimate of drug-likeness (QED) is 0.818. The molecule has 0 N–H and O–H groups in total. The van der Waals surface area contributed by atoms with E-state index in [1.807, 2.05) is 10.9 Å². The van der Waals surface area contributed by atoms with Crippen LogP contribution in [0.25, 0.3) is 5.69 Å². The molecule has 3 rings (SSSR count). The van der Waals surface area contributed by atoms with E-state index >= 15 is 0 Å². The Morgan fingerprint density at radius 3 is 2.87 bits per heavy atom. The number of ether oxygens (including phenoxy) is 1. The Morgan fingerprint density at radius 2 is 2.17 bits per heavy atom. The van der Waals surface area contributed by atoms with Crippen LogP contribution >= 0.6 is 0 Å². The summed E-state index contributed by atoms with van der Waals surface area (Å²) in [6.07, 6.45) is 6.92. The zero-order chi connectivity index (χ0) is 16.2. The molecule has 0 saturated carbocycles. The number of rotatable bonds is 6. The molecule has 1 fully saturated rings. The van der Waals surface area contributed by atoms with Gasteiger partial charge in [0.15, 0.2) is 0 Å². The third-order valence-corrected chi connectivity index (χ3v) is 4.73. The third kappa shape index (κ3) is 4.01. The number of aryl methyl sites for hydroxylation is 2. The Hall–Kier alpha value is -1.65. The SMILES string of the molecule is CCN(Cc1cnn(-c2ccc(C)c(C)c2)c1)CC1CCCO1. The first-order chi connectivity index (χ1) is 11.2. The molecule has 0 bridgehead atoms. The smallest absolute Gasteiger partial charge is 0.0702 e. The van der Waals surface area contributed by atoms with Crippen LogP contribution in [0.1, 0.15) is 36.5 Å². The number of aromatic nitrogens is 2. The second kappa shape index (κ2) is 7.28. The average Bonchev–Trinajstić information content (AvgIpc) is 3.21. The summed E-state index contributed by atoms with van der Waals surface area (Å²) in [7, 11) is 0. The normalized spacial score (nSPS) is 18.0. The highest BCUT2D eigenvalue weighted by Gasteiger charge is 2.18. The molecule has 2 aromatic rings. The third-order valence-electron chi connectivity index (χ3n) is 4.73. The Balaban J connectivity index is 1.66. The Labute approximate surface area is 139 Å². The predicted octanol–water partition coefficient (Wildman–Crippen LogP) is 3.49. The molecule has 1 atom stereocenters. The molecule has 4 heteroatoms. The van der Waals surface area contributed by atoms with E-state index in [4.69, 9.17) is 4.74 Å². The van der Waals surface area contributed by atoms with Crippen LogP contribution in [-0.4, -0.2) is 40.5 Å². The fourth-order valence-corrected chi connectivity index (χ4v) is 3.09. The van der Waals surface area contributed by atoms with Crippen molar-refractivity contribution in [2.24, 2.45) is 0 Å². The van der Waals surface area contributed by atoms with Crippen LogP contribution in [0.5, 0.6) is 0 Å². The van der Waals surface area contributed by atoms with Gasteiger partial charge in [-0.15, -0.1) is 0 Å². The molecule has 1 aromatic heterocycles. The van der Waals surface area contributed by atoms with E-state index in [9.17, 15) is 0 Å². The van der Waals surface area contributed by atoms with Gasteiger partial charge >= 0.3 is 0 Å². The number of hydrogen-bond acceptors (Lipinski definition) is 3. The van der Waals surface area contributed by atoms with Crippen molar-refractivity contribution in [3.63, 3.8) is 0 Å². The van der Waals surface area contributed by atoms with Gasteiger partial charge in [0, 0.05) is 31.5 Å². The maximum absolute atomic E-state index is 5.76. The molecule has 1 aliphatic heterocycles. The van der Waals surface area contributed by atoms with E-state index in [-0.39, 0.29) is 0 Å². The van der Waals surface area contributed by atoms with E-state index < -0.39 is 0 Å². The highest BCUT2D eigenvalue weighted by Crippen LogP contribution is 2.17. The molecule has 1 unspecified atom stereocenters. The van der Waals surface area contributed by atoms with Crippen LogP contribution in [0.15, 0.2) is 30.6 Å². The summed E-state index contributed by atoms with van der Waals surface area (Å²) in [6.45, 7) is 10.4. The molecule has 1 aromatic carbocycles. The summed E-state index contributed by atoms with van der Waals surface area (Å²) in [5, 5.41) is 4.54. The molecule has 124 valence electrons.